The summed E-state index contributed by atoms with van der Waals surface area (Å²) in [6.45, 7) is 0.751. The predicted molar refractivity (Wildman–Crippen MR) is 102 cm³/mol. The van der Waals surface area contributed by atoms with E-state index in [0.717, 1.165) is 24.3 Å². The largest absolute Gasteiger partial charge is 0.496 e. The van der Waals surface area contributed by atoms with Gasteiger partial charge in [0, 0.05) is 18.2 Å². The normalized spacial score (nSPS) is 14.1. The van der Waals surface area contributed by atoms with Crippen LogP contribution in [-0.2, 0) is 4.79 Å². The van der Waals surface area contributed by atoms with Crippen molar-refractivity contribution < 1.29 is 9.53 Å². The maximum absolute atomic E-state index is 11.9. The van der Waals surface area contributed by atoms with Crippen molar-refractivity contribution in [2.75, 3.05) is 13.7 Å². The van der Waals surface area contributed by atoms with Gasteiger partial charge in [0.2, 0.25) is 5.91 Å². The van der Waals surface area contributed by atoms with Crippen LogP contribution in [-0.4, -0.2) is 24.7 Å². The molecule has 0 bridgehead atoms. The summed E-state index contributed by atoms with van der Waals surface area (Å²) in [7, 11) is 1.60. The first-order valence-corrected chi connectivity index (χ1v) is 8.67. The fourth-order valence-electron chi connectivity index (χ4n) is 2.64. The summed E-state index contributed by atoms with van der Waals surface area (Å²) in [6.07, 6.45) is 11.4. The molecule has 0 aromatic heterocycles. The molecule has 0 unspecified atom stereocenters. The fourth-order valence-corrected chi connectivity index (χ4v) is 2.84. The van der Waals surface area contributed by atoms with Crippen LogP contribution in [0, 0.1) is 0 Å². The van der Waals surface area contributed by atoms with Crippen LogP contribution in [0.4, 0.5) is 0 Å². The van der Waals surface area contributed by atoms with Crippen molar-refractivity contribution >= 4 is 29.3 Å². The highest BCUT2D eigenvalue weighted by Crippen LogP contribution is 2.19. The van der Waals surface area contributed by atoms with Gasteiger partial charge in [0.1, 0.15) is 5.75 Å². The lowest BCUT2D eigenvalue weighted by atomic mass is 9.97. The Balaban J connectivity index is 1.74. The van der Waals surface area contributed by atoms with E-state index in [0.29, 0.717) is 5.11 Å². The number of thiocarbonyl (C=S) groups is 1. The Hall–Kier alpha value is -2.14. The van der Waals surface area contributed by atoms with Gasteiger partial charge < -0.3 is 10.1 Å². The molecule has 128 valence electrons. The minimum absolute atomic E-state index is 0.254. The van der Waals surface area contributed by atoms with Crippen LogP contribution in [0.15, 0.2) is 42.0 Å². The molecule has 4 nitrogen and oxygen atoms in total. The van der Waals surface area contributed by atoms with Gasteiger partial charge in [-0.15, -0.1) is 0 Å². The molecule has 0 saturated carbocycles. The summed E-state index contributed by atoms with van der Waals surface area (Å²) in [6, 6.07) is 7.52. The molecule has 0 heterocycles. The number of benzene rings is 1. The highest BCUT2D eigenvalue weighted by molar-refractivity contribution is 7.80. The van der Waals surface area contributed by atoms with Crippen LogP contribution in [0.3, 0.4) is 0 Å². The summed E-state index contributed by atoms with van der Waals surface area (Å²) in [4.78, 5) is 11.9. The third kappa shape index (κ3) is 6.16. The molecular weight excluding hydrogens is 320 g/mol. The predicted octanol–water partition coefficient (Wildman–Crippen LogP) is 3.59. The van der Waals surface area contributed by atoms with Crippen LogP contribution in [0.2, 0.25) is 0 Å². The van der Waals surface area contributed by atoms with Gasteiger partial charge in [0.25, 0.3) is 0 Å². The first-order chi connectivity index (χ1) is 11.7. The number of para-hydroxylation sites is 1. The molecule has 1 aliphatic carbocycles. The van der Waals surface area contributed by atoms with Crippen LogP contribution < -0.4 is 15.4 Å². The van der Waals surface area contributed by atoms with Gasteiger partial charge >= 0.3 is 0 Å². The molecule has 1 aromatic carbocycles. The molecular formula is C19H24N2O2S. The standard InChI is InChI=1S/C19H24N2O2S/c1-23-17-10-6-5-9-16(17)11-12-18(22)21-19(24)20-14-13-15-7-3-2-4-8-15/h5-7,9-12H,2-4,8,13-14H2,1H3,(H2,20,21,22,24)/b12-11+. The number of carbonyl (C=O) groups is 1. The lowest BCUT2D eigenvalue weighted by molar-refractivity contribution is -0.115. The Morgan fingerprint density at radius 3 is 2.92 bits per heavy atom. The number of amides is 1. The van der Waals surface area contributed by atoms with E-state index in [2.05, 4.69) is 16.7 Å². The Morgan fingerprint density at radius 1 is 1.33 bits per heavy atom. The van der Waals surface area contributed by atoms with Crippen molar-refractivity contribution in [2.45, 2.75) is 32.1 Å². The van der Waals surface area contributed by atoms with Gasteiger partial charge in [-0.3, -0.25) is 10.1 Å². The third-order valence-corrected chi connectivity index (χ3v) is 4.15. The number of ether oxygens (including phenoxy) is 1. The fraction of sp³-hybridized carbons (Fsp3) is 0.368. The van der Waals surface area contributed by atoms with Crippen molar-refractivity contribution in [3.05, 3.63) is 47.6 Å². The zero-order valence-corrected chi connectivity index (χ0v) is 14.8. The zero-order valence-electron chi connectivity index (χ0n) is 14.0. The summed E-state index contributed by atoms with van der Waals surface area (Å²) >= 11 is 5.16. The maximum atomic E-state index is 11.9. The van der Waals surface area contributed by atoms with Gasteiger partial charge in [-0.25, -0.2) is 0 Å². The first-order valence-electron chi connectivity index (χ1n) is 8.27. The number of allylic oxidation sites excluding steroid dienone is 1. The van der Waals surface area contributed by atoms with Gasteiger partial charge in [-0.2, -0.15) is 0 Å². The molecule has 0 fully saturated rings. The van der Waals surface area contributed by atoms with Crippen LogP contribution >= 0.6 is 12.2 Å². The van der Waals surface area contributed by atoms with Crippen LogP contribution in [0.1, 0.15) is 37.7 Å². The average Bonchev–Trinajstić information content (AvgIpc) is 2.61. The van der Waals surface area contributed by atoms with Crippen LogP contribution in [0.5, 0.6) is 5.75 Å². The second kappa shape index (κ2) is 9.88. The van der Waals surface area contributed by atoms with E-state index in [1.165, 1.54) is 37.3 Å². The molecule has 1 aromatic rings. The molecule has 24 heavy (non-hydrogen) atoms. The van der Waals surface area contributed by atoms with E-state index in [9.17, 15) is 4.79 Å². The van der Waals surface area contributed by atoms with Gasteiger partial charge in [-0.05, 0) is 56.5 Å². The van der Waals surface area contributed by atoms with Gasteiger partial charge in [-0.1, -0.05) is 29.8 Å². The lowest BCUT2D eigenvalue weighted by Crippen LogP contribution is -2.38. The second-order valence-corrected chi connectivity index (χ2v) is 6.09. The summed E-state index contributed by atoms with van der Waals surface area (Å²) in [5.74, 6) is 0.471. The van der Waals surface area contributed by atoms with Gasteiger partial charge in [0.15, 0.2) is 5.11 Å². The van der Waals surface area contributed by atoms with Crippen molar-refractivity contribution in [1.29, 1.82) is 0 Å². The highest BCUT2D eigenvalue weighted by Gasteiger charge is 2.05. The molecule has 0 saturated heterocycles. The summed E-state index contributed by atoms with van der Waals surface area (Å²) in [5, 5.41) is 6.10. The molecule has 2 rings (SSSR count). The number of rotatable bonds is 6. The van der Waals surface area contributed by atoms with E-state index in [4.69, 9.17) is 17.0 Å². The van der Waals surface area contributed by atoms with Crippen LogP contribution in [0.25, 0.3) is 6.08 Å². The molecule has 0 aliphatic heterocycles. The van der Waals surface area contributed by atoms with E-state index >= 15 is 0 Å². The van der Waals surface area contributed by atoms with E-state index in [1.807, 2.05) is 24.3 Å². The Labute approximate surface area is 149 Å². The zero-order chi connectivity index (χ0) is 17.2. The minimum atomic E-state index is -0.254. The Kier molecular flexibility index (Phi) is 7.49. The average molecular weight is 344 g/mol. The smallest absolute Gasteiger partial charge is 0.250 e. The number of nitrogens with one attached hydrogen (secondary N) is 2. The highest BCUT2D eigenvalue weighted by atomic mass is 32.1. The maximum Gasteiger partial charge on any atom is 0.250 e. The Morgan fingerprint density at radius 2 is 2.17 bits per heavy atom. The molecule has 5 heteroatoms. The summed E-state index contributed by atoms with van der Waals surface area (Å²) < 4.78 is 5.24. The second-order valence-electron chi connectivity index (χ2n) is 5.68. The summed E-state index contributed by atoms with van der Waals surface area (Å²) in [5.41, 5.74) is 2.33. The monoisotopic (exact) mass is 344 g/mol. The minimum Gasteiger partial charge on any atom is -0.496 e. The SMILES string of the molecule is COc1ccccc1/C=C/C(=O)NC(=S)NCCC1=CCCCC1. The number of hydrogen-bond acceptors (Lipinski definition) is 3. The van der Waals surface area contributed by atoms with Crippen molar-refractivity contribution in [2.24, 2.45) is 0 Å². The number of carbonyl (C=O) groups excluding carboxylic acids is 1. The van der Waals surface area contributed by atoms with Crippen molar-refractivity contribution in [3.8, 4) is 5.75 Å². The van der Waals surface area contributed by atoms with Gasteiger partial charge in [0.05, 0.1) is 7.11 Å². The van der Waals surface area contributed by atoms with Crippen molar-refractivity contribution in [3.63, 3.8) is 0 Å². The molecule has 1 aliphatic rings. The Bertz CT molecular complexity index is 638. The number of methoxy groups -OCH3 is 1. The quantitative estimate of drug-likeness (QED) is 0.470. The van der Waals surface area contributed by atoms with E-state index in [-0.39, 0.29) is 5.91 Å². The number of hydrogen-bond donors (Lipinski definition) is 2. The molecule has 2 N–H and O–H groups in total. The van der Waals surface area contributed by atoms with Crippen molar-refractivity contribution in [1.82, 2.24) is 10.6 Å². The topological polar surface area (TPSA) is 50.4 Å². The van der Waals surface area contributed by atoms with E-state index in [1.54, 1.807) is 13.2 Å². The lowest BCUT2D eigenvalue weighted by Gasteiger charge is -2.13. The molecule has 0 radical (unpaired) electrons. The molecule has 0 atom stereocenters. The van der Waals surface area contributed by atoms with E-state index < -0.39 is 0 Å². The first kappa shape index (κ1) is 18.2. The third-order valence-electron chi connectivity index (χ3n) is 3.91. The molecule has 0 spiro atoms. The molecule has 1 amide bonds.